The fourth-order valence-electron chi connectivity index (χ4n) is 1.52. The van der Waals surface area contributed by atoms with E-state index in [1.54, 1.807) is 6.20 Å². The zero-order chi connectivity index (χ0) is 10.1. The lowest BCUT2D eigenvalue weighted by Gasteiger charge is -2.00. The molecule has 14 heavy (non-hydrogen) atoms. The number of hydrogen-bond donors (Lipinski definition) is 0. The Bertz CT molecular complexity index is 485. The van der Waals surface area contributed by atoms with Crippen LogP contribution in [0.5, 0.6) is 0 Å². The molecule has 0 N–H and O–H groups in total. The molecule has 0 aliphatic carbocycles. The van der Waals surface area contributed by atoms with E-state index in [9.17, 15) is 5.21 Å². The molecule has 0 atom stereocenters. The molecular weight excluding hydrogens is 176 g/mol. The van der Waals surface area contributed by atoms with Crippen molar-refractivity contribution in [3.8, 4) is 0 Å². The van der Waals surface area contributed by atoms with Gasteiger partial charge in [-0.05, 0) is 25.0 Å². The summed E-state index contributed by atoms with van der Waals surface area (Å²) >= 11 is 0. The van der Waals surface area contributed by atoms with Crippen molar-refractivity contribution in [1.29, 1.82) is 0 Å². The normalized spacial score (nSPS) is 10.6. The molecule has 72 valence electrons. The smallest absolute Gasteiger partial charge is 0.289 e. The molecule has 0 aliphatic heterocycles. The minimum absolute atomic E-state index is 0.649. The highest BCUT2D eigenvalue weighted by Gasteiger charge is 2.04. The van der Waals surface area contributed by atoms with Gasteiger partial charge in [-0.15, -0.1) is 0 Å². The molecule has 3 heteroatoms. The van der Waals surface area contributed by atoms with Crippen molar-refractivity contribution in [3.05, 3.63) is 53.6 Å². The molecule has 2 rings (SSSR count). The number of nitrogens with zero attached hydrogens (tertiary/aromatic N) is 2. The summed E-state index contributed by atoms with van der Waals surface area (Å²) in [6, 6.07) is 3.78. The number of fused-ring (bicyclic) bond motifs is 1. The Hall–Kier alpha value is -1.77. The van der Waals surface area contributed by atoms with Crippen LogP contribution in [-0.2, 0) is 6.42 Å². The van der Waals surface area contributed by atoms with Gasteiger partial charge in [0.15, 0.2) is 0 Å². The predicted molar refractivity (Wildman–Crippen MR) is 54.9 cm³/mol. The molecule has 0 unspecified atom stereocenters. The molecule has 3 nitrogen and oxygen atoms in total. The molecular formula is C11H12N2O. The first-order valence-electron chi connectivity index (χ1n) is 4.50. The van der Waals surface area contributed by atoms with Gasteiger partial charge in [0.1, 0.15) is 12.4 Å². The summed E-state index contributed by atoms with van der Waals surface area (Å²) in [5.74, 6) is 0. The van der Waals surface area contributed by atoms with Crippen molar-refractivity contribution < 1.29 is 4.73 Å². The molecule has 0 aromatic carbocycles. The van der Waals surface area contributed by atoms with Gasteiger partial charge in [0.2, 0.25) is 0 Å². The number of allylic oxidation sites excluding steroid dienone is 1. The quantitative estimate of drug-likeness (QED) is 0.401. The lowest BCUT2D eigenvalue weighted by molar-refractivity contribution is -0.576. The Kier molecular flexibility index (Phi) is 2.00. The second-order valence-corrected chi connectivity index (χ2v) is 3.56. The molecule has 0 amide bonds. The van der Waals surface area contributed by atoms with E-state index in [4.69, 9.17) is 0 Å². The Morgan fingerprint density at radius 3 is 3.07 bits per heavy atom. The number of pyridine rings is 1. The summed E-state index contributed by atoms with van der Waals surface area (Å²) in [6.07, 6.45) is 6.07. The Balaban J connectivity index is 2.46. The van der Waals surface area contributed by atoms with Crippen molar-refractivity contribution in [2.75, 3.05) is 0 Å². The van der Waals surface area contributed by atoms with E-state index in [1.165, 1.54) is 11.8 Å². The predicted octanol–water partition coefficient (Wildman–Crippen LogP) is 1.69. The maximum Gasteiger partial charge on any atom is 0.289 e. The molecule has 0 saturated heterocycles. The first kappa shape index (κ1) is 8.81. The largest absolute Gasteiger partial charge is 0.710 e. The van der Waals surface area contributed by atoms with Gasteiger partial charge in [-0.2, -0.15) is 0 Å². The second kappa shape index (κ2) is 3.18. The minimum atomic E-state index is 0.649. The Morgan fingerprint density at radius 2 is 2.36 bits per heavy atom. The van der Waals surface area contributed by atoms with Crippen molar-refractivity contribution >= 4 is 5.65 Å². The molecule has 0 bridgehead atoms. The van der Waals surface area contributed by atoms with E-state index in [-0.39, 0.29) is 0 Å². The van der Waals surface area contributed by atoms with Gasteiger partial charge in [0.05, 0.1) is 6.20 Å². The SMILES string of the molecule is C=C(C)Cc1ccc2n(cc[n+]2[O-])c1. The highest BCUT2D eigenvalue weighted by atomic mass is 16.5. The standard InChI is InChI=1S/C11H12N2O/c1-9(2)7-10-3-4-11-12(8-10)5-6-13(11)14/h3-6,8H,1,7H2,2H3. The zero-order valence-corrected chi connectivity index (χ0v) is 8.10. The fourth-order valence-corrected chi connectivity index (χ4v) is 1.52. The highest BCUT2D eigenvalue weighted by molar-refractivity contribution is 5.35. The van der Waals surface area contributed by atoms with E-state index in [0.29, 0.717) is 5.65 Å². The number of aromatic nitrogens is 2. The lowest BCUT2D eigenvalue weighted by Crippen LogP contribution is -2.23. The fraction of sp³-hybridized carbons (Fsp3) is 0.182. The van der Waals surface area contributed by atoms with Crippen molar-refractivity contribution in [2.24, 2.45) is 0 Å². The zero-order valence-electron chi connectivity index (χ0n) is 8.10. The highest BCUT2D eigenvalue weighted by Crippen LogP contribution is 2.07. The Labute approximate surface area is 82.5 Å². The maximum absolute atomic E-state index is 11.2. The van der Waals surface area contributed by atoms with E-state index >= 15 is 0 Å². The van der Waals surface area contributed by atoms with Gasteiger partial charge in [-0.1, -0.05) is 12.2 Å². The van der Waals surface area contributed by atoms with Crippen molar-refractivity contribution in [1.82, 2.24) is 4.40 Å². The van der Waals surface area contributed by atoms with Gasteiger partial charge in [0.25, 0.3) is 5.65 Å². The monoisotopic (exact) mass is 188 g/mol. The number of rotatable bonds is 2. The topological polar surface area (TPSA) is 31.3 Å². The van der Waals surface area contributed by atoms with Crippen LogP contribution in [-0.4, -0.2) is 4.40 Å². The first-order chi connectivity index (χ1) is 6.66. The van der Waals surface area contributed by atoms with Crippen LogP contribution < -0.4 is 4.73 Å². The summed E-state index contributed by atoms with van der Waals surface area (Å²) in [4.78, 5) is 0. The molecule has 2 heterocycles. The van der Waals surface area contributed by atoms with Gasteiger partial charge < -0.3 is 5.21 Å². The van der Waals surface area contributed by atoms with E-state index < -0.39 is 0 Å². The van der Waals surface area contributed by atoms with Crippen LogP contribution in [0.4, 0.5) is 0 Å². The second-order valence-electron chi connectivity index (χ2n) is 3.56. The third kappa shape index (κ3) is 1.48. The van der Waals surface area contributed by atoms with E-state index in [0.717, 1.165) is 16.7 Å². The summed E-state index contributed by atoms with van der Waals surface area (Å²) in [5.41, 5.74) is 2.93. The molecule has 0 aliphatic rings. The molecule has 0 radical (unpaired) electrons. The number of imidazole rings is 1. The third-order valence-corrected chi connectivity index (χ3v) is 2.11. The Morgan fingerprint density at radius 1 is 1.57 bits per heavy atom. The van der Waals surface area contributed by atoms with Gasteiger partial charge in [0, 0.05) is 6.07 Å². The van der Waals surface area contributed by atoms with Gasteiger partial charge in [-0.3, -0.25) is 0 Å². The average Bonchev–Trinajstić information content (AvgIpc) is 2.46. The van der Waals surface area contributed by atoms with Crippen LogP contribution in [0.2, 0.25) is 0 Å². The first-order valence-corrected chi connectivity index (χ1v) is 4.50. The molecule has 2 aromatic heterocycles. The van der Waals surface area contributed by atoms with Crippen LogP contribution in [0, 0.1) is 5.21 Å². The van der Waals surface area contributed by atoms with Gasteiger partial charge in [-0.25, -0.2) is 9.13 Å². The van der Waals surface area contributed by atoms with Crippen molar-refractivity contribution in [2.45, 2.75) is 13.3 Å². The molecule has 0 spiro atoms. The average molecular weight is 188 g/mol. The summed E-state index contributed by atoms with van der Waals surface area (Å²) in [6.45, 7) is 5.85. The van der Waals surface area contributed by atoms with Crippen LogP contribution in [0.1, 0.15) is 12.5 Å². The summed E-state index contributed by atoms with van der Waals surface area (Å²) in [7, 11) is 0. The third-order valence-electron chi connectivity index (χ3n) is 2.11. The summed E-state index contributed by atoms with van der Waals surface area (Å²) in [5, 5.41) is 11.2. The molecule has 0 saturated carbocycles. The van der Waals surface area contributed by atoms with Crippen LogP contribution in [0.15, 0.2) is 42.9 Å². The van der Waals surface area contributed by atoms with E-state index in [1.807, 2.05) is 29.7 Å². The minimum Gasteiger partial charge on any atom is -0.710 e. The number of hydrogen-bond acceptors (Lipinski definition) is 1. The van der Waals surface area contributed by atoms with Crippen LogP contribution in [0.3, 0.4) is 0 Å². The van der Waals surface area contributed by atoms with Gasteiger partial charge >= 0.3 is 0 Å². The summed E-state index contributed by atoms with van der Waals surface area (Å²) < 4.78 is 2.68. The molecule has 2 aromatic rings. The molecule has 0 fully saturated rings. The van der Waals surface area contributed by atoms with E-state index in [2.05, 4.69) is 6.58 Å². The van der Waals surface area contributed by atoms with Crippen LogP contribution in [0.25, 0.3) is 5.65 Å². The van der Waals surface area contributed by atoms with Crippen molar-refractivity contribution in [3.63, 3.8) is 0 Å². The lowest BCUT2D eigenvalue weighted by atomic mass is 10.1. The maximum atomic E-state index is 11.2. The van der Waals surface area contributed by atoms with Crippen LogP contribution >= 0.6 is 0 Å².